The summed E-state index contributed by atoms with van der Waals surface area (Å²) >= 11 is 12.4. The monoisotopic (exact) mass is 297 g/mol. The second-order valence-corrected chi connectivity index (χ2v) is 7.96. The van der Waals surface area contributed by atoms with Crippen molar-refractivity contribution in [3.63, 3.8) is 0 Å². The van der Waals surface area contributed by atoms with Crippen LogP contribution in [0.2, 0.25) is 10.0 Å². The Labute approximate surface area is 125 Å². The van der Waals surface area contributed by atoms with Gasteiger partial charge in [0, 0.05) is 11.1 Å². The number of rotatable bonds is 2. The van der Waals surface area contributed by atoms with Crippen molar-refractivity contribution in [2.45, 2.75) is 46.1 Å². The molecule has 0 aromatic heterocycles. The maximum absolute atomic E-state index is 6.29. The number of fused-ring (bicyclic) bond motifs is 2. The van der Waals surface area contributed by atoms with E-state index in [1.54, 1.807) is 0 Å². The predicted molar refractivity (Wildman–Crippen MR) is 83.1 cm³/mol. The lowest BCUT2D eigenvalue weighted by Gasteiger charge is -2.43. The van der Waals surface area contributed by atoms with E-state index in [4.69, 9.17) is 23.2 Å². The summed E-state index contributed by atoms with van der Waals surface area (Å²) in [6.45, 7) is 7.19. The number of halogens is 2. The van der Waals surface area contributed by atoms with Gasteiger partial charge in [0.05, 0.1) is 10.7 Å². The van der Waals surface area contributed by atoms with Crippen LogP contribution in [0.1, 0.15) is 40.0 Å². The van der Waals surface area contributed by atoms with Gasteiger partial charge in [0.2, 0.25) is 0 Å². The van der Waals surface area contributed by atoms with Crippen LogP contribution in [-0.2, 0) is 0 Å². The van der Waals surface area contributed by atoms with E-state index in [1.807, 2.05) is 18.2 Å². The predicted octanol–water partition coefficient (Wildman–Crippen LogP) is 5.62. The van der Waals surface area contributed by atoms with Crippen LogP contribution in [-0.4, -0.2) is 6.04 Å². The van der Waals surface area contributed by atoms with Gasteiger partial charge in [0.25, 0.3) is 0 Å². The average Bonchev–Trinajstić information content (AvgIpc) is 2.80. The second kappa shape index (κ2) is 4.30. The molecule has 1 nitrogen and oxygen atoms in total. The first-order valence-electron chi connectivity index (χ1n) is 7.04. The molecule has 3 atom stereocenters. The maximum Gasteiger partial charge on any atom is 0.0638 e. The van der Waals surface area contributed by atoms with Gasteiger partial charge < -0.3 is 5.32 Å². The zero-order chi connectivity index (χ0) is 13.8. The summed E-state index contributed by atoms with van der Waals surface area (Å²) in [5.74, 6) is 0.827. The van der Waals surface area contributed by atoms with Gasteiger partial charge in [0.15, 0.2) is 0 Å². The summed E-state index contributed by atoms with van der Waals surface area (Å²) in [5.41, 5.74) is 1.68. The quantitative estimate of drug-likeness (QED) is 0.747. The van der Waals surface area contributed by atoms with Gasteiger partial charge in [-0.3, -0.25) is 0 Å². The minimum absolute atomic E-state index is 0.318. The molecule has 1 aromatic carbocycles. The number of anilines is 1. The Morgan fingerprint density at radius 2 is 1.95 bits per heavy atom. The van der Waals surface area contributed by atoms with Gasteiger partial charge in [-0.15, -0.1) is 0 Å². The van der Waals surface area contributed by atoms with E-state index in [2.05, 4.69) is 26.1 Å². The molecule has 0 amide bonds. The first-order chi connectivity index (χ1) is 8.83. The van der Waals surface area contributed by atoms with Gasteiger partial charge in [-0.05, 0) is 54.2 Å². The standard InChI is InChI=1S/C16H21Cl2N/c1-15(2)10-6-7-16(3,9-10)14(15)19-13-8-11(17)4-5-12(13)18/h4-5,8,10,14,19H,6-7,9H2,1-3H3/t10-,14?,16+/m0/s1. The summed E-state index contributed by atoms with van der Waals surface area (Å²) < 4.78 is 0. The molecular formula is C16H21Cl2N. The Morgan fingerprint density at radius 3 is 2.58 bits per heavy atom. The van der Waals surface area contributed by atoms with Crippen molar-refractivity contribution in [3.05, 3.63) is 28.2 Å². The Balaban J connectivity index is 1.92. The van der Waals surface area contributed by atoms with Crippen LogP contribution < -0.4 is 5.32 Å². The first kappa shape index (κ1) is 13.6. The molecule has 3 rings (SSSR count). The lowest BCUT2D eigenvalue weighted by atomic mass is 9.68. The summed E-state index contributed by atoms with van der Waals surface area (Å²) in [7, 11) is 0. The highest BCUT2D eigenvalue weighted by molar-refractivity contribution is 6.35. The van der Waals surface area contributed by atoms with Crippen LogP contribution in [0.25, 0.3) is 0 Å². The second-order valence-electron chi connectivity index (χ2n) is 7.12. The third-order valence-corrected chi connectivity index (χ3v) is 6.06. The molecule has 0 aliphatic heterocycles. The number of nitrogens with one attached hydrogen (secondary N) is 1. The zero-order valence-corrected chi connectivity index (χ0v) is 13.3. The van der Waals surface area contributed by atoms with E-state index in [9.17, 15) is 0 Å². The van der Waals surface area contributed by atoms with Crippen molar-refractivity contribution in [1.29, 1.82) is 0 Å². The highest BCUT2D eigenvalue weighted by Crippen LogP contribution is 2.63. The van der Waals surface area contributed by atoms with Crippen molar-refractivity contribution in [1.82, 2.24) is 0 Å². The average molecular weight is 298 g/mol. The number of benzene rings is 1. The van der Waals surface area contributed by atoms with Crippen molar-refractivity contribution in [2.24, 2.45) is 16.7 Å². The topological polar surface area (TPSA) is 12.0 Å². The van der Waals surface area contributed by atoms with E-state index in [0.717, 1.165) is 21.7 Å². The summed E-state index contributed by atoms with van der Waals surface area (Å²) in [4.78, 5) is 0. The van der Waals surface area contributed by atoms with Gasteiger partial charge in [-0.1, -0.05) is 44.0 Å². The molecule has 2 fully saturated rings. The SMILES string of the molecule is CC1(C)C(Nc2cc(Cl)ccc2Cl)[C@]2(C)CC[C@H]1C2. The highest BCUT2D eigenvalue weighted by atomic mass is 35.5. The molecule has 2 aliphatic carbocycles. The van der Waals surface area contributed by atoms with Crippen molar-refractivity contribution in [3.8, 4) is 0 Å². The molecule has 19 heavy (non-hydrogen) atoms. The fourth-order valence-electron chi connectivity index (χ4n) is 4.43. The molecule has 1 N–H and O–H groups in total. The molecular weight excluding hydrogens is 277 g/mol. The molecule has 0 heterocycles. The van der Waals surface area contributed by atoms with Crippen LogP contribution >= 0.6 is 23.2 Å². The largest absolute Gasteiger partial charge is 0.380 e. The Morgan fingerprint density at radius 1 is 1.21 bits per heavy atom. The van der Waals surface area contributed by atoms with Crippen molar-refractivity contribution in [2.75, 3.05) is 5.32 Å². The molecule has 0 spiro atoms. The fourth-order valence-corrected chi connectivity index (χ4v) is 4.77. The normalized spacial score (nSPS) is 35.6. The minimum Gasteiger partial charge on any atom is -0.380 e. The maximum atomic E-state index is 6.29. The van der Waals surface area contributed by atoms with Gasteiger partial charge >= 0.3 is 0 Å². The van der Waals surface area contributed by atoms with Gasteiger partial charge in [-0.2, -0.15) is 0 Å². The third-order valence-electron chi connectivity index (χ3n) is 5.50. The van der Waals surface area contributed by atoms with Crippen LogP contribution in [0, 0.1) is 16.7 Å². The van der Waals surface area contributed by atoms with Crippen LogP contribution in [0.15, 0.2) is 18.2 Å². The molecule has 1 unspecified atom stereocenters. The molecule has 2 saturated carbocycles. The molecule has 1 aromatic rings. The number of hydrogen-bond donors (Lipinski definition) is 1. The van der Waals surface area contributed by atoms with E-state index in [0.29, 0.717) is 16.9 Å². The Bertz CT molecular complexity index is 507. The molecule has 0 saturated heterocycles. The molecule has 2 bridgehead atoms. The fraction of sp³-hybridized carbons (Fsp3) is 0.625. The van der Waals surface area contributed by atoms with Crippen molar-refractivity contribution >= 4 is 28.9 Å². The highest BCUT2D eigenvalue weighted by Gasteiger charge is 2.59. The third kappa shape index (κ3) is 2.06. The molecule has 0 radical (unpaired) electrons. The molecule has 104 valence electrons. The Kier molecular flexibility index (Phi) is 3.07. The Hall–Kier alpha value is -0.400. The van der Waals surface area contributed by atoms with E-state index >= 15 is 0 Å². The number of hydrogen-bond acceptors (Lipinski definition) is 1. The van der Waals surface area contributed by atoms with Crippen LogP contribution in [0.3, 0.4) is 0 Å². The van der Waals surface area contributed by atoms with Gasteiger partial charge in [-0.25, -0.2) is 0 Å². The lowest BCUT2D eigenvalue weighted by Crippen LogP contribution is -2.45. The van der Waals surface area contributed by atoms with E-state index < -0.39 is 0 Å². The zero-order valence-electron chi connectivity index (χ0n) is 11.8. The summed E-state index contributed by atoms with van der Waals surface area (Å²) in [6, 6.07) is 6.11. The van der Waals surface area contributed by atoms with Crippen molar-refractivity contribution < 1.29 is 0 Å². The van der Waals surface area contributed by atoms with Crippen LogP contribution in [0.4, 0.5) is 5.69 Å². The molecule has 3 heteroatoms. The molecule has 2 aliphatic rings. The summed E-state index contributed by atoms with van der Waals surface area (Å²) in [6.07, 6.45) is 4.01. The minimum atomic E-state index is 0.318. The van der Waals surface area contributed by atoms with Gasteiger partial charge in [0.1, 0.15) is 0 Å². The lowest BCUT2D eigenvalue weighted by molar-refractivity contribution is 0.155. The van der Waals surface area contributed by atoms with E-state index in [-0.39, 0.29) is 0 Å². The summed E-state index contributed by atoms with van der Waals surface area (Å²) in [5, 5.41) is 5.19. The van der Waals surface area contributed by atoms with Crippen LogP contribution in [0.5, 0.6) is 0 Å². The smallest absolute Gasteiger partial charge is 0.0638 e. The first-order valence-corrected chi connectivity index (χ1v) is 7.80. The van der Waals surface area contributed by atoms with E-state index in [1.165, 1.54) is 19.3 Å².